The summed E-state index contributed by atoms with van der Waals surface area (Å²) in [6, 6.07) is 3.38. The lowest BCUT2D eigenvalue weighted by Crippen LogP contribution is -1.87. The summed E-state index contributed by atoms with van der Waals surface area (Å²) in [4.78, 5) is 0. The lowest BCUT2D eigenvalue weighted by Gasteiger charge is -2.04. The highest BCUT2D eigenvalue weighted by atomic mass is 16.5. The fourth-order valence-corrected chi connectivity index (χ4v) is 1.37. The van der Waals surface area contributed by atoms with Gasteiger partial charge in [-0.15, -0.1) is 0 Å². The number of hydrogen-bond acceptors (Lipinski definition) is 4. The van der Waals surface area contributed by atoms with Gasteiger partial charge >= 0.3 is 0 Å². The van der Waals surface area contributed by atoms with E-state index in [2.05, 4.69) is 0 Å². The number of furan rings is 1. The van der Waals surface area contributed by atoms with Crippen molar-refractivity contribution in [3.63, 3.8) is 0 Å². The number of ether oxygens (including phenoxy) is 2. The molecule has 0 saturated carbocycles. The van der Waals surface area contributed by atoms with Crippen LogP contribution in [0, 0.1) is 0 Å². The molecule has 0 radical (unpaired) electrons. The maximum atomic E-state index is 9.47. The van der Waals surface area contributed by atoms with Crippen molar-refractivity contribution in [3.8, 4) is 17.2 Å². The predicted molar refractivity (Wildman–Crippen MR) is 51.0 cm³/mol. The van der Waals surface area contributed by atoms with Crippen LogP contribution in [-0.4, -0.2) is 19.3 Å². The van der Waals surface area contributed by atoms with Gasteiger partial charge in [-0.3, -0.25) is 0 Å². The maximum Gasteiger partial charge on any atom is 0.165 e. The van der Waals surface area contributed by atoms with Crippen LogP contribution in [0.15, 0.2) is 22.8 Å². The van der Waals surface area contributed by atoms with E-state index in [0.717, 1.165) is 0 Å². The molecular formula is C10H10O4. The van der Waals surface area contributed by atoms with Crippen LogP contribution >= 0.6 is 0 Å². The van der Waals surface area contributed by atoms with E-state index in [1.54, 1.807) is 19.2 Å². The van der Waals surface area contributed by atoms with Crippen molar-refractivity contribution in [2.75, 3.05) is 14.2 Å². The number of methoxy groups -OCH3 is 2. The van der Waals surface area contributed by atoms with Crippen molar-refractivity contribution < 1.29 is 19.0 Å². The Morgan fingerprint density at radius 3 is 2.64 bits per heavy atom. The van der Waals surface area contributed by atoms with E-state index in [4.69, 9.17) is 13.9 Å². The van der Waals surface area contributed by atoms with Gasteiger partial charge in [0.15, 0.2) is 5.75 Å². The summed E-state index contributed by atoms with van der Waals surface area (Å²) in [5, 5.41) is 10.0. The second-order valence-electron chi connectivity index (χ2n) is 2.82. The highest BCUT2D eigenvalue weighted by Gasteiger charge is 2.12. The highest BCUT2D eigenvalue weighted by molar-refractivity contribution is 5.91. The summed E-state index contributed by atoms with van der Waals surface area (Å²) >= 11 is 0. The van der Waals surface area contributed by atoms with Gasteiger partial charge in [-0.1, -0.05) is 0 Å². The van der Waals surface area contributed by atoms with Crippen LogP contribution in [0.4, 0.5) is 0 Å². The molecule has 74 valence electrons. The molecule has 0 bridgehead atoms. The molecule has 0 unspecified atom stereocenters. The number of rotatable bonds is 2. The molecule has 1 aromatic heterocycles. The minimum Gasteiger partial charge on any atom is -0.504 e. The maximum absolute atomic E-state index is 9.47. The van der Waals surface area contributed by atoms with Crippen molar-refractivity contribution in [2.24, 2.45) is 0 Å². The second-order valence-corrected chi connectivity index (χ2v) is 2.82. The fraction of sp³-hybridized carbons (Fsp3) is 0.200. The summed E-state index contributed by atoms with van der Waals surface area (Å²) in [7, 11) is 3.09. The third-order valence-electron chi connectivity index (χ3n) is 2.05. The predicted octanol–water partition coefficient (Wildman–Crippen LogP) is 2.16. The Balaban J connectivity index is 2.76. The Hall–Kier alpha value is -1.84. The van der Waals surface area contributed by atoms with Crippen molar-refractivity contribution in [2.45, 2.75) is 0 Å². The van der Waals surface area contributed by atoms with E-state index in [1.807, 2.05) is 0 Å². The van der Waals surface area contributed by atoms with Gasteiger partial charge in [-0.05, 0) is 0 Å². The third kappa shape index (κ3) is 1.16. The SMILES string of the molecule is COc1cc(OC)c2c(O)coc2c1. The quantitative estimate of drug-likeness (QED) is 0.795. The van der Waals surface area contributed by atoms with Gasteiger partial charge in [0.1, 0.15) is 28.7 Å². The summed E-state index contributed by atoms with van der Waals surface area (Å²) < 4.78 is 15.3. The number of hydrogen-bond donors (Lipinski definition) is 1. The summed E-state index contributed by atoms with van der Waals surface area (Å²) in [5.74, 6) is 1.23. The molecule has 1 aromatic carbocycles. The van der Waals surface area contributed by atoms with Gasteiger partial charge in [0.25, 0.3) is 0 Å². The van der Waals surface area contributed by atoms with E-state index >= 15 is 0 Å². The van der Waals surface area contributed by atoms with E-state index in [1.165, 1.54) is 13.4 Å². The van der Waals surface area contributed by atoms with E-state index in [9.17, 15) is 5.11 Å². The van der Waals surface area contributed by atoms with Crippen LogP contribution in [0.25, 0.3) is 11.0 Å². The van der Waals surface area contributed by atoms with Crippen LogP contribution in [0.2, 0.25) is 0 Å². The molecule has 1 N–H and O–H groups in total. The Morgan fingerprint density at radius 2 is 2.00 bits per heavy atom. The zero-order chi connectivity index (χ0) is 10.1. The normalized spacial score (nSPS) is 10.4. The molecular weight excluding hydrogens is 184 g/mol. The lowest BCUT2D eigenvalue weighted by molar-refractivity contribution is 0.396. The highest BCUT2D eigenvalue weighted by Crippen LogP contribution is 2.37. The Morgan fingerprint density at radius 1 is 1.21 bits per heavy atom. The molecule has 0 atom stereocenters. The van der Waals surface area contributed by atoms with Crippen molar-refractivity contribution in [1.82, 2.24) is 0 Å². The number of aromatic hydroxyl groups is 1. The molecule has 0 amide bonds. The lowest BCUT2D eigenvalue weighted by atomic mass is 10.2. The van der Waals surface area contributed by atoms with E-state index in [0.29, 0.717) is 22.5 Å². The van der Waals surface area contributed by atoms with Gasteiger partial charge in [-0.2, -0.15) is 0 Å². The average molecular weight is 194 g/mol. The zero-order valence-corrected chi connectivity index (χ0v) is 7.90. The third-order valence-corrected chi connectivity index (χ3v) is 2.05. The summed E-state index contributed by atoms with van der Waals surface area (Å²) in [5.41, 5.74) is 0.540. The summed E-state index contributed by atoms with van der Waals surface area (Å²) in [6.45, 7) is 0. The van der Waals surface area contributed by atoms with Gasteiger partial charge in [-0.25, -0.2) is 0 Å². The summed E-state index contributed by atoms with van der Waals surface area (Å²) in [6.07, 6.45) is 1.27. The first-order valence-corrected chi connectivity index (χ1v) is 4.08. The molecule has 4 nitrogen and oxygen atoms in total. The van der Waals surface area contributed by atoms with Gasteiger partial charge in [0.05, 0.1) is 14.2 Å². The molecule has 0 fully saturated rings. The first-order valence-electron chi connectivity index (χ1n) is 4.08. The molecule has 14 heavy (non-hydrogen) atoms. The standard InChI is InChI=1S/C10H10O4/c1-12-6-3-8(13-2)10-7(11)5-14-9(10)4-6/h3-5,11H,1-2H3. The first kappa shape index (κ1) is 8.74. The van der Waals surface area contributed by atoms with Gasteiger partial charge < -0.3 is 19.0 Å². The minimum absolute atomic E-state index is 0.0690. The minimum atomic E-state index is 0.0690. The van der Waals surface area contributed by atoms with Crippen molar-refractivity contribution in [3.05, 3.63) is 18.4 Å². The molecule has 4 heteroatoms. The molecule has 2 rings (SSSR count). The molecule has 0 aliphatic carbocycles. The van der Waals surface area contributed by atoms with Crippen LogP contribution in [-0.2, 0) is 0 Å². The molecule has 0 spiro atoms. The Kier molecular flexibility index (Phi) is 1.96. The smallest absolute Gasteiger partial charge is 0.165 e. The number of fused-ring (bicyclic) bond motifs is 1. The first-order chi connectivity index (χ1) is 6.76. The Labute approximate surface area is 80.7 Å². The van der Waals surface area contributed by atoms with Crippen LogP contribution in [0.3, 0.4) is 0 Å². The Bertz CT molecular complexity index is 458. The molecule has 1 heterocycles. The van der Waals surface area contributed by atoms with E-state index < -0.39 is 0 Å². The number of benzene rings is 1. The van der Waals surface area contributed by atoms with E-state index in [-0.39, 0.29) is 5.75 Å². The monoisotopic (exact) mass is 194 g/mol. The average Bonchev–Trinajstić information content (AvgIpc) is 2.59. The van der Waals surface area contributed by atoms with Crippen LogP contribution < -0.4 is 9.47 Å². The fourth-order valence-electron chi connectivity index (χ4n) is 1.37. The largest absolute Gasteiger partial charge is 0.504 e. The van der Waals surface area contributed by atoms with Crippen LogP contribution in [0.5, 0.6) is 17.2 Å². The zero-order valence-electron chi connectivity index (χ0n) is 7.90. The van der Waals surface area contributed by atoms with Crippen molar-refractivity contribution >= 4 is 11.0 Å². The molecule has 0 aliphatic heterocycles. The molecule has 2 aromatic rings. The van der Waals surface area contributed by atoms with Gasteiger partial charge in [0, 0.05) is 12.1 Å². The molecule has 0 saturated heterocycles. The topological polar surface area (TPSA) is 51.8 Å². The van der Waals surface area contributed by atoms with Crippen molar-refractivity contribution in [1.29, 1.82) is 0 Å². The van der Waals surface area contributed by atoms with Gasteiger partial charge in [0.2, 0.25) is 0 Å². The van der Waals surface area contributed by atoms with Crippen LogP contribution in [0.1, 0.15) is 0 Å². The molecule has 0 aliphatic rings. The second kappa shape index (κ2) is 3.14.